The summed E-state index contributed by atoms with van der Waals surface area (Å²) in [5.74, 6) is 1.10. The Hall–Kier alpha value is -2.22. The van der Waals surface area contributed by atoms with Crippen LogP contribution in [0.3, 0.4) is 0 Å². The Kier molecular flexibility index (Phi) is 3.70. The monoisotopic (exact) mass is 292 g/mol. The van der Waals surface area contributed by atoms with Gasteiger partial charge in [-0.2, -0.15) is 4.98 Å². The van der Waals surface area contributed by atoms with E-state index in [9.17, 15) is 4.79 Å². The zero-order valence-corrected chi connectivity index (χ0v) is 11.9. The highest BCUT2D eigenvalue weighted by Crippen LogP contribution is 2.26. The number of carbonyl (C=O) groups is 1. The molecule has 1 atom stereocenters. The fourth-order valence-electron chi connectivity index (χ4n) is 2.30. The molecule has 0 aromatic carbocycles. The summed E-state index contributed by atoms with van der Waals surface area (Å²) in [6, 6.07) is 0. The topological polar surface area (TPSA) is 103 Å². The minimum absolute atomic E-state index is 0.121. The summed E-state index contributed by atoms with van der Waals surface area (Å²) < 4.78 is 15.6. The van der Waals surface area contributed by atoms with E-state index in [4.69, 9.17) is 13.8 Å². The van der Waals surface area contributed by atoms with Gasteiger partial charge in [-0.05, 0) is 26.7 Å². The molecule has 8 nitrogen and oxygen atoms in total. The molecule has 0 radical (unpaired) electrons. The molecule has 8 heteroatoms. The van der Waals surface area contributed by atoms with Crippen molar-refractivity contribution in [2.24, 2.45) is 0 Å². The second-order valence-corrected chi connectivity index (χ2v) is 4.93. The fraction of sp³-hybridized carbons (Fsp3) is 0.538. The van der Waals surface area contributed by atoms with Crippen LogP contribution in [0.15, 0.2) is 9.05 Å². The molecule has 1 fully saturated rings. The van der Waals surface area contributed by atoms with Gasteiger partial charge in [0.25, 0.3) is 11.8 Å². The van der Waals surface area contributed by atoms with Crippen molar-refractivity contribution in [1.82, 2.24) is 20.6 Å². The van der Waals surface area contributed by atoms with Crippen molar-refractivity contribution in [3.8, 4) is 0 Å². The lowest BCUT2D eigenvalue weighted by molar-refractivity contribution is 0.0835. The summed E-state index contributed by atoms with van der Waals surface area (Å²) in [4.78, 5) is 16.3. The van der Waals surface area contributed by atoms with Gasteiger partial charge in [-0.3, -0.25) is 4.79 Å². The number of aromatic nitrogens is 3. The lowest BCUT2D eigenvalue weighted by Crippen LogP contribution is -2.24. The number of amides is 1. The van der Waals surface area contributed by atoms with E-state index in [0.717, 1.165) is 12.8 Å². The van der Waals surface area contributed by atoms with Gasteiger partial charge < -0.3 is 19.1 Å². The number of carbonyl (C=O) groups excluding carboxylic acids is 1. The number of nitrogens with zero attached hydrogens (tertiary/aromatic N) is 3. The van der Waals surface area contributed by atoms with E-state index in [1.54, 1.807) is 13.8 Å². The third-order valence-corrected chi connectivity index (χ3v) is 3.36. The Balaban J connectivity index is 1.61. The van der Waals surface area contributed by atoms with E-state index < -0.39 is 0 Å². The molecular weight excluding hydrogens is 276 g/mol. The van der Waals surface area contributed by atoms with Crippen molar-refractivity contribution >= 4 is 5.91 Å². The van der Waals surface area contributed by atoms with Crippen LogP contribution >= 0.6 is 0 Å². The van der Waals surface area contributed by atoms with Gasteiger partial charge in [-0.25, -0.2) is 0 Å². The zero-order chi connectivity index (χ0) is 14.8. The molecule has 0 aliphatic carbocycles. The van der Waals surface area contributed by atoms with Crippen molar-refractivity contribution in [2.75, 3.05) is 6.61 Å². The molecule has 1 aliphatic rings. The fourth-order valence-corrected chi connectivity index (χ4v) is 2.30. The first kappa shape index (κ1) is 13.7. The predicted molar refractivity (Wildman–Crippen MR) is 69.4 cm³/mol. The Bertz CT molecular complexity index is 623. The molecule has 1 amide bonds. The maximum Gasteiger partial charge on any atom is 0.257 e. The Morgan fingerprint density at radius 1 is 1.33 bits per heavy atom. The van der Waals surface area contributed by atoms with E-state index in [0.29, 0.717) is 35.3 Å². The molecule has 1 saturated heterocycles. The quantitative estimate of drug-likeness (QED) is 0.909. The van der Waals surface area contributed by atoms with E-state index in [1.165, 1.54) is 0 Å². The van der Waals surface area contributed by atoms with Gasteiger partial charge >= 0.3 is 0 Å². The van der Waals surface area contributed by atoms with Crippen LogP contribution in [0, 0.1) is 13.8 Å². The Morgan fingerprint density at radius 3 is 2.86 bits per heavy atom. The molecule has 2 aromatic heterocycles. The summed E-state index contributed by atoms with van der Waals surface area (Å²) in [5.41, 5.74) is 0.996. The average molecular weight is 292 g/mol. The highest BCUT2D eigenvalue weighted by atomic mass is 16.5. The SMILES string of the molecule is Cc1noc(C)c1C(=O)NCc1noc(C2CCCO2)n1. The number of hydrogen-bond donors (Lipinski definition) is 1. The normalized spacial score (nSPS) is 18.1. The van der Waals surface area contributed by atoms with Crippen LogP contribution in [-0.2, 0) is 11.3 Å². The van der Waals surface area contributed by atoms with Gasteiger partial charge in [0.15, 0.2) is 5.82 Å². The standard InChI is InChI=1S/C13H16N4O4/c1-7-11(8(2)20-16-7)12(18)14-6-10-15-13(21-17-10)9-4-3-5-19-9/h9H,3-6H2,1-2H3,(H,14,18). The Labute approximate surface area is 120 Å². The summed E-state index contributed by atoms with van der Waals surface area (Å²) in [6.07, 6.45) is 1.75. The summed E-state index contributed by atoms with van der Waals surface area (Å²) in [5, 5.41) is 10.3. The number of nitrogens with one attached hydrogen (secondary N) is 1. The maximum absolute atomic E-state index is 12.1. The van der Waals surface area contributed by atoms with Crippen molar-refractivity contribution in [3.63, 3.8) is 0 Å². The lowest BCUT2D eigenvalue weighted by Gasteiger charge is -2.01. The third-order valence-electron chi connectivity index (χ3n) is 3.36. The summed E-state index contributed by atoms with van der Waals surface area (Å²) in [7, 11) is 0. The van der Waals surface area contributed by atoms with Crippen LogP contribution in [0.4, 0.5) is 0 Å². The Morgan fingerprint density at radius 2 is 2.19 bits per heavy atom. The van der Waals surface area contributed by atoms with E-state index in [-0.39, 0.29) is 18.6 Å². The first-order chi connectivity index (χ1) is 10.1. The minimum Gasteiger partial charge on any atom is -0.368 e. The molecule has 1 unspecified atom stereocenters. The predicted octanol–water partition coefficient (Wildman–Crippen LogP) is 1.46. The molecule has 3 rings (SSSR count). The molecule has 112 valence electrons. The minimum atomic E-state index is -0.269. The highest BCUT2D eigenvalue weighted by Gasteiger charge is 2.24. The van der Waals surface area contributed by atoms with Crippen LogP contribution in [0.5, 0.6) is 0 Å². The molecule has 21 heavy (non-hydrogen) atoms. The van der Waals surface area contributed by atoms with Crippen LogP contribution in [0.1, 0.15) is 52.5 Å². The van der Waals surface area contributed by atoms with Crippen LogP contribution < -0.4 is 5.32 Å². The van der Waals surface area contributed by atoms with Crippen LogP contribution in [0.2, 0.25) is 0 Å². The molecule has 0 bridgehead atoms. The molecule has 0 spiro atoms. The highest BCUT2D eigenvalue weighted by molar-refractivity contribution is 5.95. The summed E-state index contributed by atoms with van der Waals surface area (Å²) in [6.45, 7) is 4.30. The smallest absolute Gasteiger partial charge is 0.257 e. The molecule has 2 aromatic rings. The summed E-state index contributed by atoms with van der Waals surface area (Å²) >= 11 is 0. The first-order valence-corrected chi connectivity index (χ1v) is 6.80. The van der Waals surface area contributed by atoms with Crippen LogP contribution in [-0.4, -0.2) is 27.8 Å². The molecule has 3 heterocycles. The lowest BCUT2D eigenvalue weighted by atomic mass is 10.2. The number of hydrogen-bond acceptors (Lipinski definition) is 7. The van der Waals surface area contributed by atoms with Crippen LogP contribution in [0.25, 0.3) is 0 Å². The largest absolute Gasteiger partial charge is 0.368 e. The third kappa shape index (κ3) is 2.80. The van der Waals surface area contributed by atoms with Crippen molar-refractivity contribution in [1.29, 1.82) is 0 Å². The van der Waals surface area contributed by atoms with Gasteiger partial charge in [-0.1, -0.05) is 10.3 Å². The first-order valence-electron chi connectivity index (χ1n) is 6.80. The number of aryl methyl sites for hydroxylation is 2. The molecule has 1 N–H and O–H groups in total. The van der Waals surface area contributed by atoms with Gasteiger partial charge in [0, 0.05) is 6.61 Å². The molecule has 1 aliphatic heterocycles. The van der Waals surface area contributed by atoms with Crippen molar-refractivity contribution in [3.05, 3.63) is 28.7 Å². The number of ether oxygens (including phenoxy) is 1. The van der Waals surface area contributed by atoms with E-state index in [1.807, 2.05) is 0 Å². The van der Waals surface area contributed by atoms with Crippen molar-refractivity contribution in [2.45, 2.75) is 39.3 Å². The second-order valence-electron chi connectivity index (χ2n) is 4.93. The average Bonchev–Trinajstić information content (AvgIpc) is 3.17. The zero-order valence-electron chi connectivity index (χ0n) is 11.9. The second kappa shape index (κ2) is 5.65. The van der Waals surface area contributed by atoms with Crippen molar-refractivity contribution < 1.29 is 18.6 Å². The van der Waals surface area contributed by atoms with E-state index >= 15 is 0 Å². The number of rotatable bonds is 4. The van der Waals surface area contributed by atoms with E-state index in [2.05, 4.69) is 20.6 Å². The van der Waals surface area contributed by atoms with Gasteiger partial charge in [-0.15, -0.1) is 0 Å². The molecule has 0 saturated carbocycles. The van der Waals surface area contributed by atoms with Gasteiger partial charge in [0.05, 0.1) is 12.2 Å². The maximum atomic E-state index is 12.1. The van der Waals surface area contributed by atoms with Gasteiger partial charge in [0.1, 0.15) is 17.4 Å². The molecular formula is C13H16N4O4. The van der Waals surface area contributed by atoms with Gasteiger partial charge in [0.2, 0.25) is 0 Å².